The van der Waals surface area contributed by atoms with Crippen LogP contribution in [0.5, 0.6) is 0 Å². The third-order valence-corrected chi connectivity index (χ3v) is 6.15. The van der Waals surface area contributed by atoms with Crippen LogP contribution in [-0.2, 0) is 26.9 Å². The summed E-state index contributed by atoms with van der Waals surface area (Å²) in [6.45, 7) is -0.189. The van der Waals surface area contributed by atoms with Gasteiger partial charge in [-0.15, -0.1) is 0 Å². The van der Waals surface area contributed by atoms with E-state index in [4.69, 9.17) is 9.26 Å². The minimum atomic E-state index is -3.52. The Morgan fingerprint density at radius 1 is 0.903 bits per heavy atom. The topological polar surface area (TPSA) is 99.4 Å². The lowest BCUT2D eigenvalue weighted by Crippen LogP contribution is -2.08. The quantitative estimate of drug-likeness (QED) is 0.404. The van der Waals surface area contributed by atoms with Crippen LogP contribution in [0.4, 0.5) is 0 Å². The van der Waals surface area contributed by atoms with E-state index in [-0.39, 0.29) is 28.7 Å². The van der Waals surface area contributed by atoms with E-state index in [9.17, 15) is 13.2 Å². The molecule has 0 spiro atoms. The molecule has 1 heterocycles. The zero-order valence-corrected chi connectivity index (χ0v) is 17.2. The second kappa shape index (κ2) is 8.93. The zero-order chi connectivity index (χ0) is 21.7. The van der Waals surface area contributed by atoms with Gasteiger partial charge in [-0.1, -0.05) is 65.8 Å². The van der Waals surface area contributed by atoms with Crippen LogP contribution in [0.2, 0.25) is 0 Å². The summed E-state index contributed by atoms with van der Waals surface area (Å²) >= 11 is 0. The van der Waals surface area contributed by atoms with Gasteiger partial charge < -0.3 is 9.26 Å². The van der Waals surface area contributed by atoms with Crippen molar-refractivity contribution in [3.05, 3.63) is 102 Å². The molecular formula is C23H18N2O5S. The summed E-state index contributed by atoms with van der Waals surface area (Å²) in [7, 11) is -3.52. The lowest BCUT2D eigenvalue weighted by atomic mass is 10.1. The molecule has 7 nitrogen and oxygen atoms in total. The summed E-state index contributed by atoms with van der Waals surface area (Å²) in [5.74, 6) is -0.268. The van der Waals surface area contributed by atoms with Gasteiger partial charge in [0.2, 0.25) is 5.82 Å². The van der Waals surface area contributed by atoms with Crippen molar-refractivity contribution in [2.24, 2.45) is 0 Å². The first kappa shape index (κ1) is 20.5. The minimum Gasteiger partial charge on any atom is -0.452 e. The van der Waals surface area contributed by atoms with Crippen molar-refractivity contribution in [2.45, 2.75) is 17.3 Å². The summed E-state index contributed by atoms with van der Waals surface area (Å²) in [6.07, 6.45) is 0. The molecule has 0 saturated carbocycles. The van der Waals surface area contributed by atoms with Gasteiger partial charge in [-0.25, -0.2) is 13.2 Å². The van der Waals surface area contributed by atoms with Crippen molar-refractivity contribution in [3.8, 4) is 11.4 Å². The summed E-state index contributed by atoms with van der Waals surface area (Å²) < 4.78 is 35.5. The standard InChI is InChI=1S/C23H18N2O5S/c26-23(29-15-21-24-22(25-30-21)18-9-3-1-4-10-18)19-11-7-8-17(14-19)16-31(27,28)20-12-5-2-6-13-20/h1-14H,15-16H2. The lowest BCUT2D eigenvalue weighted by molar-refractivity contribution is 0.0429. The molecule has 0 aliphatic heterocycles. The van der Waals surface area contributed by atoms with Crippen LogP contribution >= 0.6 is 0 Å². The number of rotatable bonds is 7. The van der Waals surface area contributed by atoms with Gasteiger partial charge in [0, 0.05) is 5.56 Å². The fourth-order valence-corrected chi connectivity index (χ4v) is 4.30. The first-order valence-electron chi connectivity index (χ1n) is 9.43. The molecule has 0 unspecified atom stereocenters. The van der Waals surface area contributed by atoms with Crippen molar-refractivity contribution < 1.29 is 22.5 Å². The van der Waals surface area contributed by atoms with Gasteiger partial charge in [-0.3, -0.25) is 0 Å². The van der Waals surface area contributed by atoms with E-state index in [2.05, 4.69) is 10.1 Å². The predicted octanol–water partition coefficient (Wildman–Crippen LogP) is 4.07. The number of aromatic nitrogens is 2. The molecule has 3 aromatic carbocycles. The Bertz CT molecular complexity index is 1290. The molecule has 0 aliphatic rings. The number of benzene rings is 3. The molecule has 31 heavy (non-hydrogen) atoms. The van der Waals surface area contributed by atoms with E-state index < -0.39 is 15.8 Å². The van der Waals surface area contributed by atoms with E-state index >= 15 is 0 Å². The van der Waals surface area contributed by atoms with E-state index in [1.165, 1.54) is 6.07 Å². The highest BCUT2D eigenvalue weighted by molar-refractivity contribution is 7.90. The second-order valence-electron chi connectivity index (χ2n) is 6.73. The molecule has 0 aliphatic carbocycles. The average Bonchev–Trinajstić information content (AvgIpc) is 3.28. The largest absolute Gasteiger partial charge is 0.452 e. The Morgan fingerprint density at radius 3 is 2.35 bits per heavy atom. The molecule has 0 amide bonds. The van der Waals surface area contributed by atoms with Crippen LogP contribution in [0.15, 0.2) is 94.3 Å². The van der Waals surface area contributed by atoms with Crippen LogP contribution in [0.3, 0.4) is 0 Å². The maximum absolute atomic E-state index is 12.6. The molecule has 0 atom stereocenters. The normalized spacial score (nSPS) is 11.2. The number of carbonyl (C=O) groups excluding carboxylic acids is 1. The number of hydrogen-bond acceptors (Lipinski definition) is 7. The zero-order valence-electron chi connectivity index (χ0n) is 16.3. The van der Waals surface area contributed by atoms with Gasteiger partial charge in [0.1, 0.15) is 0 Å². The lowest BCUT2D eigenvalue weighted by Gasteiger charge is -2.07. The van der Waals surface area contributed by atoms with E-state index in [0.29, 0.717) is 11.4 Å². The Balaban J connectivity index is 1.41. The summed E-state index contributed by atoms with van der Waals surface area (Å²) in [6, 6.07) is 23.8. The number of carbonyl (C=O) groups is 1. The molecule has 0 N–H and O–H groups in total. The van der Waals surface area contributed by atoms with Gasteiger partial charge >= 0.3 is 5.97 Å². The molecule has 0 bridgehead atoms. The van der Waals surface area contributed by atoms with Gasteiger partial charge in [-0.05, 0) is 29.8 Å². The molecule has 0 saturated heterocycles. The highest BCUT2D eigenvalue weighted by Crippen LogP contribution is 2.18. The van der Waals surface area contributed by atoms with Crippen molar-refractivity contribution >= 4 is 15.8 Å². The van der Waals surface area contributed by atoms with Gasteiger partial charge in [0.05, 0.1) is 16.2 Å². The second-order valence-corrected chi connectivity index (χ2v) is 8.72. The van der Waals surface area contributed by atoms with Crippen LogP contribution < -0.4 is 0 Å². The molecule has 8 heteroatoms. The van der Waals surface area contributed by atoms with Crippen molar-refractivity contribution in [1.29, 1.82) is 0 Å². The maximum atomic E-state index is 12.6. The number of sulfone groups is 1. The van der Waals surface area contributed by atoms with Crippen molar-refractivity contribution in [2.75, 3.05) is 0 Å². The number of nitrogens with zero attached hydrogens (tertiary/aromatic N) is 2. The SMILES string of the molecule is O=C(OCc1nc(-c2ccccc2)no1)c1cccc(CS(=O)(=O)c2ccccc2)c1. The predicted molar refractivity (Wildman–Crippen MR) is 113 cm³/mol. The number of hydrogen-bond donors (Lipinski definition) is 0. The Morgan fingerprint density at radius 2 is 1.61 bits per heavy atom. The van der Waals surface area contributed by atoms with Crippen LogP contribution in [0.1, 0.15) is 21.8 Å². The fourth-order valence-electron chi connectivity index (χ4n) is 2.95. The average molecular weight is 434 g/mol. The van der Waals surface area contributed by atoms with E-state index in [1.54, 1.807) is 48.5 Å². The molecule has 156 valence electrons. The Labute approximate surface area is 179 Å². The van der Waals surface area contributed by atoms with Crippen LogP contribution in [-0.4, -0.2) is 24.5 Å². The number of ether oxygens (including phenoxy) is 1. The van der Waals surface area contributed by atoms with Gasteiger partial charge in [0.25, 0.3) is 5.89 Å². The molecule has 1 aromatic heterocycles. The molecule has 4 rings (SSSR count). The first-order chi connectivity index (χ1) is 15.0. The Hall–Kier alpha value is -3.78. The summed E-state index contributed by atoms with van der Waals surface area (Å²) in [5, 5.41) is 3.88. The maximum Gasteiger partial charge on any atom is 0.338 e. The highest BCUT2D eigenvalue weighted by atomic mass is 32.2. The first-order valence-corrected chi connectivity index (χ1v) is 11.1. The third kappa shape index (κ3) is 5.04. The van der Waals surface area contributed by atoms with Crippen LogP contribution in [0.25, 0.3) is 11.4 Å². The molecule has 0 radical (unpaired) electrons. The minimum absolute atomic E-state index is 0.162. The fraction of sp³-hybridized carbons (Fsp3) is 0.0870. The number of esters is 1. The summed E-state index contributed by atoms with van der Waals surface area (Å²) in [5.41, 5.74) is 1.52. The van der Waals surface area contributed by atoms with Gasteiger partial charge in [-0.2, -0.15) is 4.98 Å². The molecule has 0 fully saturated rings. The third-order valence-electron chi connectivity index (χ3n) is 4.45. The van der Waals surface area contributed by atoms with Gasteiger partial charge in [0.15, 0.2) is 16.4 Å². The Kier molecular flexibility index (Phi) is 5.90. The van der Waals surface area contributed by atoms with E-state index in [1.807, 2.05) is 30.3 Å². The van der Waals surface area contributed by atoms with Crippen LogP contribution in [0, 0.1) is 0 Å². The van der Waals surface area contributed by atoms with E-state index in [0.717, 1.165) is 5.56 Å². The molecule has 4 aromatic rings. The smallest absolute Gasteiger partial charge is 0.338 e. The highest BCUT2D eigenvalue weighted by Gasteiger charge is 2.17. The summed E-state index contributed by atoms with van der Waals surface area (Å²) in [4.78, 5) is 16.9. The van der Waals surface area contributed by atoms with Crippen molar-refractivity contribution in [1.82, 2.24) is 10.1 Å². The monoisotopic (exact) mass is 434 g/mol. The molecular weight excluding hydrogens is 416 g/mol. The van der Waals surface area contributed by atoms with Crippen molar-refractivity contribution in [3.63, 3.8) is 0 Å².